The lowest BCUT2D eigenvalue weighted by atomic mass is 10.1. The number of anilines is 1. The first-order valence-corrected chi connectivity index (χ1v) is 11.7. The van der Waals surface area contributed by atoms with Crippen LogP contribution in [0.2, 0.25) is 0 Å². The number of amidine groups is 1. The van der Waals surface area contributed by atoms with E-state index >= 15 is 0 Å². The van der Waals surface area contributed by atoms with Crippen LogP contribution in [0.3, 0.4) is 0 Å². The van der Waals surface area contributed by atoms with Crippen molar-refractivity contribution >= 4 is 33.7 Å². The topological polar surface area (TPSA) is 67.5 Å². The Kier molecular flexibility index (Phi) is 12.1. The highest BCUT2D eigenvalue weighted by atomic mass is 32.1. The zero-order valence-electron chi connectivity index (χ0n) is 19.9. The molecule has 7 heteroatoms. The highest BCUT2D eigenvalue weighted by molar-refractivity contribution is 7.10. The summed E-state index contributed by atoms with van der Waals surface area (Å²) in [7, 11) is 0. The molecule has 0 radical (unpaired) electrons. The molecule has 168 valence electrons. The molecule has 1 unspecified atom stereocenters. The van der Waals surface area contributed by atoms with Gasteiger partial charge in [0.25, 0.3) is 0 Å². The molecule has 0 bridgehead atoms. The monoisotopic (exact) mass is 440 g/mol. The summed E-state index contributed by atoms with van der Waals surface area (Å²) < 4.78 is 6.39. The first-order valence-electron chi connectivity index (χ1n) is 11.0. The molecule has 0 spiro atoms. The van der Waals surface area contributed by atoms with E-state index in [1.807, 2.05) is 82.3 Å². The van der Waals surface area contributed by atoms with Crippen molar-refractivity contribution in [1.29, 1.82) is 0 Å². The third-order valence-electron chi connectivity index (χ3n) is 4.32. The van der Waals surface area contributed by atoms with Gasteiger partial charge in [-0.2, -0.15) is 9.47 Å². The Hall–Kier alpha value is -2.80. The van der Waals surface area contributed by atoms with Gasteiger partial charge in [0.2, 0.25) is 0 Å². The van der Waals surface area contributed by atoms with Gasteiger partial charge < -0.3 is 5.32 Å². The Morgan fingerprint density at radius 2 is 2.00 bits per heavy atom. The van der Waals surface area contributed by atoms with Crippen molar-refractivity contribution in [1.82, 2.24) is 14.2 Å². The Bertz CT molecular complexity index is 930. The first-order chi connectivity index (χ1) is 15.1. The summed E-state index contributed by atoms with van der Waals surface area (Å²) in [6.45, 7) is 18.8. The highest BCUT2D eigenvalue weighted by Gasteiger charge is 2.11. The SMILES string of the molecule is C=CC(C)c1cc(NC2=N/C=C\C/C(c3cnn(CC)c3)=C\N=C2C)sn1.CC.CC. The van der Waals surface area contributed by atoms with E-state index in [2.05, 4.69) is 45.2 Å². The molecule has 3 rings (SSSR count). The molecule has 1 N–H and O–H groups in total. The average Bonchev–Trinajstić information content (AvgIpc) is 3.50. The van der Waals surface area contributed by atoms with E-state index in [0.717, 1.165) is 46.3 Å². The molecule has 1 aliphatic heterocycles. The van der Waals surface area contributed by atoms with Gasteiger partial charge in [0.1, 0.15) is 5.00 Å². The molecule has 6 nitrogen and oxygen atoms in total. The van der Waals surface area contributed by atoms with Crippen LogP contribution < -0.4 is 5.32 Å². The van der Waals surface area contributed by atoms with Crippen molar-refractivity contribution in [3.63, 3.8) is 0 Å². The number of nitrogens with zero attached hydrogens (tertiary/aromatic N) is 5. The van der Waals surface area contributed by atoms with Crippen molar-refractivity contribution in [2.45, 2.75) is 67.3 Å². The number of allylic oxidation sites excluding steroid dienone is 3. The van der Waals surface area contributed by atoms with Gasteiger partial charge in [-0.05, 0) is 43.4 Å². The summed E-state index contributed by atoms with van der Waals surface area (Å²) in [6, 6.07) is 2.03. The standard InChI is InChI=1S/C20H24N6S.2C2H6/c1-5-14(3)18-10-19(27-25-18)24-20-15(4)22-11-16(8-7-9-21-20)17-12-23-26(6-2)13-17;2*1-2/h5,7,9-14H,1,6,8H2,2-4H3,(H,21,24);2*1-2H3/b9-7-,16-11+,22-15?;;. The first kappa shape index (κ1) is 26.2. The van der Waals surface area contributed by atoms with Crippen LogP contribution >= 0.6 is 11.5 Å². The van der Waals surface area contributed by atoms with Crippen LogP contribution in [0.25, 0.3) is 5.57 Å². The molecule has 2 aromatic heterocycles. The van der Waals surface area contributed by atoms with Crippen LogP contribution in [0.4, 0.5) is 5.00 Å². The van der Waals surface area contributed by atoms with Gasteiger partial charge in [-0.3, -0.25) is 9.67 Å². The van der Waals surface area contributed by atoms with Gasteiger partial charge in [-0.1, -0.05) is 46.8 Å². The third kappa shape index (κ3) is 7.75. The average molecular weight is 441 g/mol. The fourth-order valence-electron chi connectivity index (χ4n) is 2.51. The molecule has 0 aromatic carbocycles. The number of rotatable bonds is 5. The summed E-state index contributed by atoms with van der Waals surface area (Å²) >= 11 is 1.41. The van der Waals surface area contributed by atoms with Crippen molar-refractivity contribution in [3.05, 3.63) is 60.8 Å². The molecule has 0 fully saturated rings. The van der Waals surface area contributed by atoms with E-state index in [-0.39, 0.29) is 5.92 Å². The van der Waals surface area contributed by atoms with E-state index in [9.17, 15) is 0 Å². The lowest BCUT2D eigenvalue weighted by molar-refractivity contribution is 0.659. The molecular formula is C24H36N6S. The summed E-state index contributed by atoms with van der Waals surface area (Å²) in [6.07, 6.45) is 12.3. The minimum Gasteiger partial charge on any atom is -0.329 e. The van der Waals surface area contributed by atoms with Crippen LogP contribution in [0, 0.1) is 0 Å². The van der Waals surface area contributed by atoms with Crippen LogP contribution in [0.15, 0.2) is 59.6 Å². The van der Waals surface area contributed by atoms with Crippen LogP contribution in [-0.4, -0.2) is 25.7 Å². The van der Waals surface area contributed by atoms with E-state index in [1.165, 1.54) is 11.5 Å². The van der Waals surface area contributed by atoms with E-state index in [4.69, 9.17) is 0 Å². The fraction of sp³-hybridized carbons (Fsp3) is 0.417. The fourth-order valence-corrected chi connectivity index (χ4v) is 3.24. The summed E-state index contributed by atoms with van der Waals surface area (Å²) in [5.74, 6) is 0.943. The number of hydrogen-bond acceptors (Lipinski definition) is 6. The van der Waals surface area contributed by atoms with Gasteiger partial charge in [0.15, 0.2) is 5.84 Å². The zero-order valence-corrected chi connectivity index (χ0v) is 20.7. The molecule has 0 saturated carbocycles. The van der Waals surface area contributed by atoms with Crippen LogP contribution in [-0.2, 0) is 6.54 Å². The number of hydrogen-bond donors (Lipinski definition) is 1. The normalized spacial score (nSPS) is 16.8. The summed E-state index contributed by atoms with van der Waals surface area (Å²) in [5.41, 5.74) is 4.01. The Morgan fingerprint density at radius 1 is 1.26 bits per heavy atom. The second kappa shape index (κ2) is 14.2. The van der Waals surface area contributed by atoms with Gasteiger partial charge in [0, 0.05) is 36.6 Å². The molecule has 0 aliphatic carbocycles. The van der Waals surface area contributed by atoms with Crippen LogP contribution in [0.5, 0.6) is 0 Å². The lowest BCUT2D eigenvalue weighted by Gasteiger charge is -2.05. The number of aromatic nitrogens is 3. The number of aliphatic imine (C=N–C) groups is 2. The van der Waals surface area contributed by atoms with E-state index < -0.39 is 0 Å². The summed E-state index contributed by atoms with van der Waals surface area (Å²) in [5, 5.41) is 8.63. The predicted octanol–water partition coefficient (Wildman–Crippen LogP) is 6.93. The molecule has 1 aliphatic rings. The van der Waals surface area contributed by atoms with Crippen molar-refractivity contribution in [3.8, 4) is 0 Å². The molecule has 0 saturated heterocycles. The minimum atomic E-state index is 0.225. The molecular weight excluding hydrogens is 404 g/mol. The maximum absolute atomic E-state index is 4.62. The molecule has 31 heavy (non-hydrogen) atoms. The highest BCUT2D eigenvalue weighted by Crippen LogP contribution is 2.24. The maximum atomic E-state index is 4.62. The minimum absolute atomic E-state index is 0.225. The Morgan fingerprint density at radius 3 is 2.65 bits per heavy atom. The van der Waals surface area contributed by atoms with Gasteiger partial charge >= 0.3 is 0 Å². The maximum Gasteiger partial charge on any atom is 0.152 e. The van der Waals surface area contributed by atoms with E-state index in [1.54, 1.807) is 0 Å². The third-order valence-corrected chi connectivity index (χ3v) is 5.04. The zero-order chi connectivity index (χ0) is 23.2. The largest absolute Gasteiger partial charge is 0.329 e. The lowest BCUT2D eigenvalue weighted by Crippen LogP contribution is -2.19. The Labute approximate surface area is 191 Å². The van der Waals surface area contributed by atoms with E-state index in [0.29, 0.717) is 0 Å². The molecule has 1 atom stereocenters. The van der Waals surface area contributed by atoms with Gasteiger partial charge in [-0.25, -0.2) is 4.99 Å². The van der Waals surface area contributed by atoms with Crippen LogP contribution in [0.1, 0.15) is 72.1 Å². The van der Waals surface area contributed by atoms with Crippen molar-refractivity contribution in [2.24, 2.45) is 9.98 Å². The molecule has 2 aromatic rings. The van der Waals surface area contributed by atoms with Gasteiger partial charge in [0.05, 0.1) is 17.6 Å². The number of nitrogens with one attached hydrogen (secondary N) is 1. The molecule has 3 heterocycles. The predicted molar refractivity (Wildman–Crippen MR) is 137 cm³/mol. The quantitative estimate of drug-likeness (QED) is 0.512. The number of aryl methyl sites for hydroxylation is 1. The van der Waals surface area contributed by atoms with Crippen molar-refractivity contribution < 1.29 is 0 Å². The van der Waals surface area contributed by atoms with Gasteiger partial charge in [-0.15, -0.1) is 6.58 Å². The smallest absolute Gasteiger partial charge is 0.152 e. The summed E-state index contributed by atoms with van der Waals surface area (Å²) in [4.78, 5) is 9.17. The van der Waals surface area contributed by atoms with Crippen molar-refractivity contribution in [2.75, 3.05) is 5.32 Å². The molecule has 0 amide bonds. The second-order valence-corrected chi connectivity index (χ2v) is 7.09. The second-order valence-electron chi connectivity index (χ2n) is 6.29. The Balaban J connectivity index is 0.00000113.